The minimum absolute atomic E-state index is 0.0452. The maximum atomic E-state index is 13.8. The summed E-state index contributed by atoms with van der Waals surface area (Å²) in [6, 6.07) is 7.46. The summed E-state index contributed by atoms with van der Waals surface area (Å²) in [4.78, 5) is 3.81. The lowest BCUT2D eigenvalue weighted by molar-refractivity contribution is 0.273. The molecule has 6 heteroatoms. The van der Waals surface area contributed by atoms with Crippen molar-refractivity contribution >= 4 is 0 Å². The van der Waals surface area contributed by atoms with Crippen molar-refractivity contribution < 1.29 is 13.5 Å². The van der Waals surface area contributed by atoms with Crippen LogP contribution in [0, 0.1) is 23.0 Å². The number of rotatable bonds is 5. The van der Waals surface area contributed by atoms with Crippen LogP contribution in [0.3, 0.4) is 0 Å². The SMILES string of the molecule is CNCc1cc(F)c(OCc2ccnc(C#N)c2)c(F)c1. The zero-order chi connectivity index (χ0) is 15.2. The second kappa shape index (κ2) is 6.77. The third-order valence-electron chi connectivity index (χ3n) is 2.76. The Labute approximate surface area is 121 Å². The van der Waals surface area contributed by atoms with E-state index >= 15 is 0 Å². The van der Waals surface area contributed by atoms with Crippen LogP contribution in [0.15, 0.2) is 30.5 Å². The number of hydrogen-bond donors (Lipinski definition) is 1. The number of aromatic nitrogens is 1. The first-order chi connectivity index (χ1) is 10.1. The lowest BCUT2D eigenvalue weighted by Crippen LogP contribution is -2.07. The molecule has 0 aliphatic carbocycles. The van der Waals surface area contributed by atoms with Crippen LogP contribution >= 0.6 is 0 Å². The van der Waals surface area contributed by atoms with Crippen molar-refractivity contribution in [3.63, 3.8) is 0 Å². The highest BCUT2D eigenvalue weighted by Gasteiger charge is 2.13. The van der Waals surface area contributed by atoms with E-state index in [2.05, 4.69) is 10.3 Å². The molecule has 2 aromatic rings. The van der Waals surface area contributed by atoms with Gasteiger partial charge in [-0.25, -0.2) is 13.8 Å². The summed E-state index contributed by atoms with van der Waals surface area (Å²) in [6.07, 6.45) is 1.44. The molecule has 2 rings (SSSR count). The maximum absolute atomic E-state index is 13.8. The van der Waals surface area contributed by atoms with Crippen molar-refractivity contribution in [2.24, 2.45) is 0 Å². The average Bonchev–Trinajstić information content (AvgIpc) is 2.47. The van der Waals surface area contributed by atoms with Gasteiger partial charge in [0.2, 0.25) is 0 Å². The van der Waals surface area contributed by atoms with Gasteiger partial charge in [0.25, 0.3) is 0 Å². The Balaban J connectivity index is 2.14. The predicted octanol–water partition coefficient (Wildman–Crippen LogP) is 2.53. The van der Waals surface area contributed by atoms with E-state index in [9.17, 15) is 8.78 Å². The number of pyridine rings is 1. The molecular weight excluding hydrogens is 276 g/mol. The number of nitrogens with zero attached hydrogens (tertiary/aromatic N) is 2. The van der Waals surface area contributed by atoms with Crippen LogP contribution in [0.5, 0.6) is 5.75 Å². The van der Waals surface area contributed by atoms with Crippen molar-refractivity contribution in [3.05, 3.63) is 58.9 Å². The predicted molar refractivity (Wildman–Crippen MR) is 72.4 cm³/mol. The van der Waals surface area contributed by atoms with E-state index in [1.165, 1.54) is 24.4 Å². The van der Waals surface area contributed by atoms with Gasteiger partial charge in [-0.1, -0.05) is 0 Å². The van der Waals surface area contributed by atoms with Gasteiger partial charge in [-0.15, -0.1) is 0 Å². The first kappa shape index (κ1) is 14.9. The van der Waals surface area contributed by atoms with Crippen molar-refractivity contribution in [3.8, 4) is 11.8 Å². The van der Waals surface area contributed by atoms with Crippen LogP contribution < -0.4 is 10.1 Å². The van der Waals surface area contributed by atoms with E-state index in [1.807, 2.05) is 6.07 Å². The van der Waals surface area contributed by atoms with Crippen LogP contribution in [0.1, 0.15) is 16.8 Å². The van der Waals surface area contributed by atoms with Crippen LogP contribution in [-0.4, -0.2) is 12.0 Å². The Bertz CT molecular complexity index is 660. The lowest BCUT2D eigenvalue weighted by atomic mass is 10.2. The molecule has 0 aliphatic rings. The van der Waals surface area contributed by atoms with Crippen molar-refractivity contribution in [2.75, 3.05) is 7.05 Å². The summed E-state index contributed by atoms with van der Waals surface area (Å²) < 4.78 is 32.8. The largest absolute Gasteiger partial charge is 0.483 e. The van der Waals surface area contributed by atoms with Crippen molar-refractivity contribution in [1.29, 1.82) is 5.26 Å². The quantitative estimate of drug-likeness (QED) is 0.919. The smallest absolute Gasteiger partial charge is 0.191 e. The fourth-order valence-electron chi connectivity index (χ4n) is 1.84. The van der Waals surface area contributed by atoms with Crippen LogP contribution in [0.25, 0.3) is 0 Å². The molecule has 21 heavy (non-hydrogen) atoms. The van der Waals surface area contributed by atoms with Gasteiger partial charge in [0.15, 0.2) is 17.4 Å². The highest BCUT2D eigenvalue weighted by Crippen LogP contribution is 2.24. The van der Waals surface area contributed by atoms with E-state index in [0.29, 0.717) is 17.7 Å². The van der Waals surface area contributed by atoms with Gasteiger partial charge in [0, 0.05) is 12.7 Å². The molecule has 108 valence electrons. The Morgan fingerprint density at radius 1 is 1.24 bits per heavy atom. The van der Waals surface area contributed by atoms with Crippen LogP contribution in [-0.2, 0) is 13.2 Å². The number of halogens is 2. The van der Waals surface area contributed by atoms with E-state index in [-0.39, 0.29) is 12.3 Å². The van der Waals surface area contributed by atoms with Gasteiger partial charge in [-0.2, -0.15) is 5.26 Å². The molecule has 0 unspecified atom stereocenters. The molecule has 0 saturated carbocycles. The summed E-state index contributed by atoms with van der Waals surface area (Å²) in [6.45, 7) is 0.320. The zero-order valence-electron chi connectivity index (χ0n) is 11.4. The standard InChI is InChI=1S/C15H13F2N3O/c1-19-8-11-5-13(16)15(14(17)6-11)21-9-10-2-3-20-12(4-10)7-18/h2-6,19H,8-9H2,1H3. The Hall–Kier alpha value is -2.52. The summed E-state index contributed by atoms with van der Waals surface area (Å²) >= 11 is 0. The molecule has 0 atom stereocenters. The van der Waals surface area contributed by atoms with E-state index in [0.717, 1.165) is 0 Å². The molecule has 0 bridgehead atoms. The van der Waals surface area contributed by atoms with Gasteiger partial charge in [-0.3, -0.25) is 0 Å². The van der Waals surface area contributed by atoms with Gasteiger partial charge in [-0.05, 0) is 42.4 Å². The summed E-state index contributed by atoms with van der Waals surface area (Å²) in [5.74, 6) is -1.94. The van der Waals surface area contributed by atoms with E-state index < -0.39 is 17.4 Å². The second-order valence-corrected chi connectivity index (χ2v) is 4.37. The minimum Gasteiger partial charge on any atom is -0.483 e. The summed E-state index contributed by atoms with van der Waals surface area (Å²) in [5, 5.41) is 11.6. The molecular formula is C15H13F2N3O. The third-order valence-corrected chi connectivity index (χ3v) is 2.76. The molecule has 1 heterocycles. The molecule has 0 radical (unpaired) electrons. The summed E-state index contributed by atoms with van der Waals surface area (Å²) in [7, 11) is 1.69. The van der Waals surface area contributed by atoms with Crippen molar-refractivity contribution in [1.82, 2.24) is 10.3 Å². The van der Waals surface area contributed by atoms with Gasteiger partial charge in [0.1, 0.15) is 18.4 Å². The van der Waals surface area contributed by atoms with E-state index in [4.69, 9.17) is 10.00 Å². The molecule has 0 spiro atoms. The van der Waals surface area contributed by atoms with Gasteiger partial charge < -0.3 is 10.1 Å². The second-order valence-electron chi connectivity index (χ2n) is 4.37. The normalized spacial score (nSPS) is 10.2. The molecule has 1 aromatic carbocycles. The Morgan fingerprint density at radius 3 is 2.57 bits per heavy atom. The number of nitriles is 1. The number of hydrogen-bond acceptors (Lipinski definition) is 4. The molecule has 0 amide bonds. The maximum Gasteiger partial charge on any atom is 0.191 e. The summed E-state index contributed by atoms with van der Waals surface area (Å²) in [5.41, 5.74) is 1.33. The van der Waals surface area contributed by atoms with Gasteiger partial charge in [0.05, 0.1) is 0 Å². The first-order valence-electron chi connectivity index (χ1n) is 6.24. The fraction of sp³-hybridized carbons (Fsp3) is 0.200. The van der Waals surface area contributed by atoms with Crippen molar-refractivity contribution in [2.45, 2.75) is 13.2 Å². The molecule has 1 N–H and O–H groups in total. The fourth-order valence-corrected chi connectivity index (χ4v) is 1.84. The monoisotopic (exact) mass is 289 g/mol. The first-order valence-corrected chi connectivity index (χ1v) is 6.24. The lowest BCUT2D eigenvalue weighted by Gasteiger charge is -2.10. The third kappa shape index (κ3) is 3.74. The molecule has 4 nitrogen and oxygen atoms in total. The molecule has 0 aliphatic heterocycles. The molecule has 0 saturated heterocycles. The number of nitrogens with one attached hydrogen (secondary N) is 1. The number of ether oxygens (including phenoxy) is 1. The zero-order valence-corrected chi connectivity index (χ0v) is 11.4. The number of benzene rings is 1. The molecule has 1 aromatic heterocycles. The van der Waals surface area contributed by atoms with Gasteiger partial charge >= 0.3 is 0 Å². The average molecular weight is 289 g/mol. The van der Waals surface area contributed by atoms with E-state index in [1.54, 1.807) is 13.1 Å². The Morgan fingerprint density at radius 2 is 1.95 bits per heavy atom. The Kier molecular flexibility index (Phi) is 4.80. The highest BCUT2D eigenvalue weighted by atomic mass is 19.1. The highest BCUT2D eigenvalue weighted by molar-refractivity contribution is 5.32. The molecule has 0 fully saturated rings. The van der Waals surface area contributed by atoms with Crippen LogP contribution in [0.4, 0.5) is 8.78 Å². The topological polar surface area (TPSA) is 57.9 Å². The minimum atomic E-state index is -0.755. The van der Waals surface area contributed by atoms with Crippen LogP contribution in [0.2, 0.25) is 0 Å².